The normalized spacial score (nSPS) is 11.6. The number of aromatic amines is 1. The largest absolute Gasteiger partial charge is 0.309 e. The van der Waals surface area contributed by atoms with Crippen molar-refractivity contribution in [2.45, 2.75) is 27.3 Å². The molecular formula is C12H17N3OS. The van der Waals surface area contributed by atoms with E-state index in [0.29, 0.717) is 6.54 Å². The van der Waals surface area contributed by atoms with Crippen molar-refractivity contribution in [1.82, 2.24) is 14.9 Å². The van der Waals surface area contributed by atoms with E-state index < -0.39 is 0 Å². The van der Waals surface area contributed by atoms with E-state index in [4.69, 9.17) is 0 Å². The fourth-order valence-electron chi connectivity index (χ4n) is 1.74. The predicted molar refractivity (Wildman–Crippen MR) is 71.7 cm³/mol. The molecule has 2 aromatic rings. The van der Waals surface area contributed by atoms with E-state index in [1.165, 1.54) is 4.88 Å². The van der Waals surface area contributed by atoms with Gasteiger partial charge in [0.05, 0.1) is 11.9 Å². The first-order valence-corrected chi connectivity index (χ1v) is 6.52. The number of rotatable bonds is 3. The lowest BCUT2D eigenvalue weighted by Crippen LogP contribution is -2.21. The lowest BCUT2D eigenvalue weighted by atomic mass is 10.2. The molecule has 5 heteroatoms. The molecule has 4 nitrogen and oxygen atoms in total. The van der Waals surface area contributed by atoms with Crippen molar-refractivity contribution in [2.75, 3.05) is 13.6 Å². The zero-order valence-electron chi connectivity index (χ0n) is 10.6. The van der Waals surface area contributed by atoms with Crippen LogP contribution in [0.2, 0.25) is 0 Å². The Balaban J connectivity index is 2.53. The number of aryl methyl sites for hydroxylation is 2. The first-order valence-electron chi connectivity index (χ1n) is 5.70. The smallest absolute Gasteiger partial charge is 0.259 e. The Labute approximate surface area is 104 Å². The van der Waals surface area contributed by atoms with Crippen LogP contribution in [0.3, 0.4) is 0 Å². The summed E-state index contributed by atoms with van der Waals surface area (Å²) >= 11 is 1.59. The van der Waals surface area contributed by atoms with Gasteiger partial charge in [-0.1, -0.05) is 6.92 Å². The highest BCUT2D eigenvalue weighted by molar-refractivity contribution is 7.18. The van der Waals surface area contributed by atoms with Gasteiger partial charge in [0.1, 0.15) is 10.7 Å². The predicted octanol–water partition coefficient (Wildman–Crippen LogP) is 2.05. The zero-order chi connectivity index (χ0) is 12.6. The van der Waals surface area contributed by atoms with Crippen molar-refractivity contribution in [2.24, 2.45) is 0 Å². The summed E-state index contributed by atoms with van der Waals surface area (Å²) in [7, 11) is 2.01. The van der Waals surface area contributed by atoms with Gasteiger partial charge in [0.15, 0.2) is 0 Å². The molecule has 17 heavy (non-hydrogen) atoms. The Kier molecular flexibility index (Phi) is 3.31. The van der Waals surface area contributed by atoms with Crippen LogP contribution < -0.4 is 5.56 Å². The standard InChI is InChI=1S/C12H17N3OS/c1-5-15(4)6-9-13-11(16)10-7(2)8(3)17-12(10)14-9/h5-6H2,1-4H3,(H,13,14,16). The van der Waals surface area contributed by atoms with E-state index >= 15 is 0 Å². The summed E-state index contributed by atoms with van der Waals surface area (Å²) in [6, 6.07) is 0. The molecule has 2 aromatic heterocycles. The first-order chi connectivity index (χ1) is 8.02. The number of nitrogens with zero attached hydrogens (tertiary/aromatic N) is 2. The van der Waals surface area contributed by atoms with Gasteiger partial charge in [-0.2, -0.15) is 0 Å². The van der Waals surface area contributed by atoms with E-state index in [1.807, 2.05) is 20.9 Å². The minimum absolute atomic E-state index is 0.0173. The molecule has 0 aliphatic rings. The number of H-pyrrole nitrogens is 1. The molecule has 0 unspecified atom stereocenters. The average Bonchev–Trinajstić information content (AvgIpc) is 2.54. The lowest BCUT2D eigenvalue weighted by molar-refractivity contribution is 0.336. The zero-order valence-corrected chi connectivity index (χ0v) is 11.4. The number of aromatic nitrogens is 2. The molecule has 0 atom stereocenters. The van der Waals surface area contributed by atoms with Crippen LogP contribution in [0.25, 0.3) is 10.2 Å². The van der Waals surface area contributed by atoms with E-state index in [-0.39, 0.29) is 5.56 Å². The van der Waals surface area contributed by atoms with Gasteiger partial charge in [0.2, 0.25) is 0 Å². The van der Waals surface area contributed by atoms with Crippen LogP contribution in [0, 0.1) is 13.8 Å². The molecule has 2 rings (SSSR count). The lowest BCUT2D eigenvalue weighted by Gasteiger charge is -2.12. The van der Waals surface area contributed by atoms with Crippen LogP contribution in [0.4, 0.5) is 0 Å². The second kappa shape index (κ2) is 4.58. The second-order valence-corrected chi connectivity index (χ2v) is 5.51. The molecule has 2 heterocycles. The quantitative estimate of drug-likeness (QED) is 0.908. The number of hydrogen-bond donors (Lipinski definition) is 1. The molecular weight excluding hydrogens is 234 g/mol. The monoisotopic (exact) mass is 251 g/mol. The fourth-order valence-corrected chi connectivity index (χ4v) is 2.79. The summed E-state index contributed by atoms with van der Waals surface area (Å²) in [5.74, 6) is 0.744. The Morgan fingerprint density at radius 3 is 2.76 bits per heavy atom. The van der Waals surface area contributed by atoms with Gasteiger partial charge in [0.25, 0.3) is 5.56 Å². The van der Waals surface area contributed by atoms with Crippen molar-refractivity contribution in [3.63, 3.8) is 0 Å². The van der Waals surface area contributed by atoms with E-state index in [1.54, 1.807) is 11.3 Å². The summed E-state index contributed by atoms with van der Waals surface area (Å²) < 4.78 is 0. The van der Waals surface area contributed by atoms with Crippen LogP contribution in [-0.4, -0.2) is 28.5 Å². The third kappa shape index (κ3) is 2.25. The summed E-state index contributed by atoms with van der Waals surface area (Å²) in [6.07, 6.45) is 0. The molecule has 0 saturated heterocycles. The molecule has 0 fully saturated rings. The highest BCUT2D eigenvalue weighted by Gasteiger charge is 2.12. The maximum atomic E-state index is 12.0. The highest BCUT2D eigenvalue weighted by atomic mass is 32.1. The molecule has 0 amide bonds. The second-order valence-electron chi connectivity index (χ2n) is 4.31. The van der Waals surface area contributed by atoms with E-state index in [2.05, 4.69) is 21.8 Å². The number of thiophene rings is 1. The highest BCUT2D eigenvalue weighted by Crippen LogP contribution is 2.25. The summed E-state index contributed by atoms with van der Waals surface area (Å²) in [6.45, 7) is 7.69. The molecule has 92 valence electrons. The molecule has 0 saturated carbocycles. The summed E-state index contributed by atoms with van der Waals surface area (Å²) in [5.41, 5.74) is 1.03. The van der Waals surface area contributed by atoms with Crippen molar-refractivity contribution in [3.05, 3.63) is 26.6 Å². The Morgan fingerprint density at radius 1 is 1.41 bits per heavy atom. The maximum Gasteiger partial charge on any atom is 0.259 e. The van der Waals surface area contributed by atoms with Crippen molar-refractivity contribution in [3.8, 4) is 0 Å². The molecule has 0 aromatic carbocycles. The molecule has 0 spiro atoms. The average molecular weight is 251 g/mol. The first kappa shape index (κ1) is 12.3. The van der Waals surface area contributed by atoms with Crippen molar-refractivity contribution < 1.29 is 0 Å². The number of hydrogen-bond acceptors (Lipinski definition) is 4. The summed E-state index contributed by atoms with van der Waals surface area (Å²) in [5, 5.41) is 0.746. The molecule has 1 N–H and O–H groups in total. The van der Waals surface area contributed by atoms with Crippen molar-refractivity contribution >= 4 is 21.6 Å². The van der Waals surface area contributed by atoms with Gasteiger partial charge in [-0.15, -0.1) is 11.3 Å². The van der Waals surface area contributed by atoms with Crippen LogP contribution in [0.5, 0.6) is 0 Å². The van der Waals surface area contributed by atoms with Gasteiger partial charge in [0, 0.05) is 4.88 Å². The van der Waals surface area contributed by atoms with Crippen LogP contribution >= 0.6 is 11.3 Å². The summed E-state index contributed by atoms with van der Waals surface area (Å²) in [4.78, 5) is 23.5. The van der Waals surface area contributed by atoms with E-state index in [0.717, 1.165) is 28.1 Å². The molecule has 0 radical (unpaired) electrons. The van der Waals surface area contributed by atoms with Crippen molar-refractivity contribution in [1.29, 1.82) is 0 Å². The fraction of sp³-hybridized carbons (Fsp3) is 0.500. The van der Waals surface area contributed by atoms with Gasteiger partial charge in [-0.05, 0) is 33.0 Å². The third-order valence-corrected chi connectivity index (χ3v) is 4.15. The van der Waals surface area contributed by atoms with Crippen LogP contribution in [-0.2, 0) is 6.54 Å². The topological polar surface area (TPSA) is 49.0 Å². The number of nitrogens with one attached hydrogen (secondary N) is 1. The Morgan fingerprint density at radius 2 is 2.12 bits per heavy atom. The van der Waals surface area contributed by atoms with E-state index in [9.17, 15) is 4.79 Å². The minimum Gasteiger partial charge on any atom is -0.309 e. The Bertz CT molecular complexity index is 600. The SMILES string of the molecule is CCN(C)Cc1nc2sc(C)c(C)c2c(=O)[nH]1. The van der Waals surface area contributed by atoms with Gasteiger partial charge < -0.3 is 4.98 Å². The molecule has 0 aliphatic heterocycles. The maximum absolute atomic E-state index is 12.0. The number of fused-ring (bicyclic) bond motifs is 1. The van der Waals surface area contributed by atoms with Crippen LogP contribution in [0.1, 0.15) is 23.2 Å². The van der Waals surface area contributed by atoms with Gasteiger partial charge in [-0.3, -0.25) is 9.69 Å². The molecule has 0 bridgehead atoms. The van der Waals surface area contributed by atoms with Gasteiger partial charge >= 0.3 is 0 Å². The van der Waals surface area contributed by atoms with Crippen LogP contribution in [0.15, 0.2) is 4.79 Å². The Hall–Kier alpha value is -1.20. The third-order valence-electron chi connectivity index (χ3n) is 3.05. The van der Waals surface area contributed by atoms with Gasteiger partial charge in [-0.25, -0.2) is 4.98 Å². The molecule has 0 aliphatic carbocycles. The minimum atomic E-state index is -0.0173.